The zero-order valence-corrected chi connectivity index (χ0v) is 13.2. The number of para-hydroxylation sites is 1. The fourth-order valence-electron chi connectivity index (χ4n) is 1.71. The highest BCUT2D eigenvalue weighted by atomic mass is 79.9. The molecule has 0 unspecified atom stereocenters. The zero-order valence-electron chi connectivity index (χ0n) is 11.6. The van der Waals surface area contributed by atoms with Crippen molar-refractivity contribution in [2.24, 2.45) is 0 Å². The lowest BCUT2D eigenvalue weighted by Gasteiger charge is -2.17. The van der Waals surface area contributed by atoms with Crippen molar-refractivity contribution < 1.29 is 9.53 Å². The van der Waals surface area contributed by atoms with Gasteiger partial charge in [0, 0.05) is 20.3 Å². The summed E-state index contributed by atoms with van der Waals surface area (Å²) >= 11 is 3.40. The van der Waals surface area contributed by atoms with E-state index in [1.165, 1.54) is 4.90 Å². The third-order valence-electron chi connectivity index (χ3n) is 2.74. The molecule has 0 fully saturated rings. The van der Waals surface area contributed by atoms with Gasteiger partial charge in [-0.1, -0.05) is 18.2 Å². The number of hydrogen-bond donors (Lipinski definition) is 0. The number of aromatic nitrogens is 2. The Morgan fingerprint density at radius 1 is 1.35 bits per heavy atom. The molecule has 106 valence electrons. The van der Waals surface area contributed by atoms with Gasteiger partial charge in [-0.3, -0.25) is 4.79 Å². The van der Waals surface area contributed by atoms with Crippen LogP contribution in [0, 0.1) is 0 Å². The Balaban J connectivity index is 2.18. The van der Waals surface area contributed by atoms with Gasteiger partial charge in [0.15, 0.2) is 6.10 Å². The van der Waals surface area contributed by atoms with Crippen LogP contribution >= 0.6 is 15.9 Å². The highest BCUT2D eigenvalue weighted by Gasteiger charge is 2.19. The van der Waals surface area contributed by atoms with Gasteiger partial charge in [0.25, 0.3) is 5.91 Å². The smallest absolute Gasteiger partial charge is 0.262 e. The molecule has 2 aromatic rings. The summed E-state index contributed by atoms with van der Waals surface area (Å²) in [5.41, 5.74) is 0.926. The number of halogens is 1. The quantitative estimate of drug-likeness (QED) is 0.861. The van der Waals surface area contributed by atoms with E-state index in [9.17, 15) is 4.79 Å². The van der Waals surface area contributed by atoms with Gasteiger partial charge in [-0.2, -0.15) is 0 Å². The number of rotatable bonds is 4. The summed E-state index contributed by atoms with van der Waals surface area (Å²) < 4.78 is 8.01. The fourth-order valence-corrected chi connectivity index (χ4v) is 2.08. The molecule has 1 atom stereocenters. The summed E-state index contributed by atoms with van der Waals surface area (Å²) in [5, 5.41) is 4.34. The Morgan fingerprint density at radius 3 is 2.60 bits per heavy atom. The van der Waals surface area contributed by atoms with E-state index >= 15 is 0 Å². The molecule has 1 amide bonds. The van der Waals surface area contributed by atoms with Crippen molar-refractivity contribution in [3.8, 4) is 11.6 Å². The Labute approximate surface area is 126 Å². The number of carbonyl (C=O) groups is 1. The molecule has 0 aliphatic heterocycles. The molecular formula is C14H16BrN3O2. The third kappa shape index (κ3) is 3.19. The number of benzene rings is 1. The molecule has 0 radical (unpaired) electrons. The summed E-state index contributed by atoms with van der Waals surface area (Å²) in [6.45, 7) is 1.70. The van der Waals surface area contributed by atoms with E-state index < -0.39 is 6.10 Å². The van der Waals surface area contributed by atoms with Crippen molar-refractivity contribution in [3.63, 3.8) is 0 Å². The van der Waals surface area contributed by atoms with Crippen LogP contribution in [0.3, 0.4) is 0 Å². The third-order valence-corrected chi connectivity index (χ3v) is 3.28. The van der Waals surface area contributed by atoms with Crippen LogP contribution in [0.5, 0.6) is 5.88 Å². The highest BCUT2D eigenvalue weighted by Crippen LogP contribution is 2.25. The highest BCUT2D eigenvalue weighted by molar-refractivity contribution is 9.10. The number of amides is 1. The number of nitrogens with zero attached hydrogens (tertiary/aromatic N) is 3. The van der Waals surface area contributed by atoms with Gasteiger partial charge >= 0.3 is 0 Å². The Morgan fingerprint density at radius 2 is 2.00 bits per heavy atom. The molecule has 0 aliphatic rings. The van der Waals surface area contributed by atoms with E-state index in [2.05, 4.69) is 21.0 Å². The van der Waals surface area contributed by atoms with Crippen molar-refractivity contribution in [1.29, 1.82) is 0 Å². The topological polar surface area (TPSA) is 47.4 Å². The molecule has 5 nitrogen and oxygen atoms in total. The van der Waals surface area contributed by atoms with Crippen LogP contribution in [-0.2, 0) is 4.79 Å². The molecule has 6 heteroatoms. The van der Waals surface area contributed by atoms with Gasteiger partial charge in [-0.15, -0.1) is 5.10 Å². The average molecular weight is 338 g/mol. The summed E-state index contributed by atoms with van der Waals surface area (Å²) in [5.74, 6) is 0.294. The van der Waals surface area contributed by atoms with E-state index in [0.717, 1.165) is 5.69 Å². The van der Waals surface area contributed by atoms with Crippen LogP contribution in [0.15, 0.2) is 41.0 Å². The van der Waals surface area contributed by atoms with Crippen LogP contribution in [0.2, 0.25) is 0 Å². The van der Waals surface area contributed by atoms with Gasteiger partial charge in [-0.25, -0.2) is 4.68 Å². The first-order valence-electron chi connectivity index (χ1n) is 6.17. The molecule has 0 saturated heterocycles. The summed E-state index contributed by atoms with van der Waals surface area (Å²) in [6, 6.07) is 9.69. The van der Waals surface area contributed by atoms with E-state index in [1.807, 2.05) is 30.3 Å². The molecule has 1 aromatic carbocycles. The molecule has 2 rings (SSSR count). The Hall–Kier alpha value is -1.82. The van der Waals surface area contributed by atoms with E-state index in [4.69, 9.17) is 4.74 Å². The molecule has 1 aromatic heterocycles. The average Bonchev–Trinajstić information content (AvgIpc) is 2.80. The van der Waals surface area contributed by atoms with Crippen LogP contribution in [0.25, 0.3) is 5.69 Å². The standard InChI is InChI=1S/C14H16BrN3O2/c1-10(14(19)17(2)3)20-13-12(15)9-18(16-13)11-7-5-4-6-8-11/h4-10H,1-3H3/t10-/m0/s1. The summed E-state index contributed by atoms with van der Waals surface area (Å²) in [6.07, 6.45) is 1.22. The van der Waals surface area contributed by atoms with Crippen molar-refractivity contribution in [3.05, 3.63) is 41.0 Å². The number of hydrogen-bond acceptors (Lipinski definition) is 3. The van der Waals surface area contributed by atoms with E-state index in [-0.39, 0.29) is 5.91 Å². The van der Waals surface area contributed by atoms with Crippen LogP contribution in [0.4, 0.5) is 0 Å². The molecule has 1 heterocycles. The summed E-state index contributed by atoms with van der Waals surface area (Å²) in [7, 11) is 3.39. The largest absolute Gasteiger partial charge is 0.463 e. The first-order chi connectivity index (χ1) is 9.49. The van der Waals surface area contributed by atoms with Gasteiger partial charge in [-0.05, 0) is 35.0 Å². The van der Waals surface area contributed by atoms with Crippen LogP contribution in [-0.4, -0.2) is 40.8 Å². The lowest BCUT2D eigenvalue weighted by Crippen LogP contribution is -2.35. The first-order valence-corrected chi connectivity index (χ1v) is 6.96. The van der Waals surface area contributed by atoms with E-state index in [0.29, 0.717) is 10.4 Å². The van der Waals surface area contributed by atoms with Gasteiger partial charge in [0.1, 0.15) is 0 Å². The molecular weight excluding hydrogens is 322 g/mol. The minimum atomic E-state index is -0.583. The number of likely N-dealkylation sites (N-methyl/N-ethyl adjacent to an activating group) is 1. The normalized spacial score (nSPS) is 12.0. The maximum absolute atomic E-state index is 11.8. The van der Waals surface area contributed by atoms with Gasteiger partial charge in [0.2, 0.25) is 5.88 Å². The minimum Gasteiger partial charge on any atom is -0.463 e. The fraction of sp³-hybridized carbons (Fsp3) is 0.286. The monoisotopic (exact) mass is 337 g/mol. The second-order valence-electron chi connectivity index (χ2n) is 4.56. The second kappa shape index (κ2) is 6.09. The van der Waals surface area contributed by atoms with Crippen molar-refractivity contribution in [1.82, 2.24) is 14.7 Å². The van der Waals surface area contributed by atoms with Crippen LogP contribution in [0.1, 0.15) is 6.92 Å². The summed E-state index contributed by atoms with van der Waals surface area (Å²) in [4.78, 5) is 13.3. The van der Waals surface area contributed by atoms with Crippen molar-refractivity contribution in [2.45, 2.75) is 13.0 Å². The van der Waals surface area contributed by atoms with Gasteiger partial charge < -0.3 is 9.64 Å². The lowest BCUT2D eigenvalue weighted by molar-refractivity contribution is -0.135. The number of ether oxygens (including phenoxy) is 1. The van der Waals surface area contributed by atoms with Crippen molar-refractivity contribution in [2.75, 3.05) is 14.1 Å². The van der Waals surface area contributed by atoms with Gasteiger partial charge in [0.05, 0.1) is 10.2 Å². The first kappa shape index (κ1) is 14.6. The van der Waals surface area contributed by atoms with Crippen LogP contribution < -0.4 is 4.74 Å². The molecule has 20 heavy (non-hydrogen) atoms. The Bertz CT molecular complexity index is 596. The second-order valence-corrected chi connectivity index (χ2v) is 5.41. The lowest BCUT2D eigenvalue weighted by atomic mass is 10.3. The zero-order chi connectivity index (χ0) is 14.7. The maximum atomic E-state index is 11.8. The molecule has 0 bridgehead atoms. The minimum absolute atomic E-state index is 0.105. The molecule has 0 N–H and O–H groups in total. The predicted molar refractivity (Wildman–Crippen MR) is 80.0 cm³/mol. The van der Waals surface area contributed by atoms with E-state index in [1.54, 1.807) is 31.9 Å². The predicted octanol–water partition coefficient (Wildman–Crippen LogP) is 2.49. The maximum Gasteiger partial charge on any atom is 0.262 e. The SMILES string of the molecule is C[C@H](Oc1nn(-c2ccccc2)cc1Br)C(=O)N(C)C. The molecule has 0 spiro atoms. The van der Waals surface area contributed by atoms with Crippen molar-refractivity contribution >= 4 is 21.8 Å². The Kier molecular flexibility index (Phi) is 4.44. The molecule has 0 saturated carbocycles. The molecule has 0 aliphatic carbocycles. The number of carbonyl (C=O) groups excluding carboxylic acids is 1.